The van der Waals surface area contributed by atoms with Crippen LogP contribution in [0.4, 0.5) is 0 Å². The molecular weight excluding hydrogens is 316 g/mol. The van der Waals surface area contributed by atoms with Crippen LogP contribution in [0.5, 0.6) is 5.75 Å². The molecule has 0 spiro atoms. The first-order valence-electron chi connectivity index (χ1n) is 7.79. The van der Waals surface area contributed by atoms with E-state index in [1.807, 2.05) is 42.5 Å². The van der Waals surface area contributed by atoms with Crippen LogP contribution < -0.4 is 16.1 Å². The topological polar surface area (TPSA) is 89.2 Å². The molecule has 122 valence electrons. The number of benzene rings is 2. The fourth-order valence-corrected chi connectivity index (χ4v) is 3.24. The molecule has 0 fully saturated rings. The van der Waals surface area contributed by atoms with Gasteiger partial charge in [-0.2, -0.15) is 5.26 Å². The van der Waals surface area contributed by atoms with Gasteiger partial charge in [-0.05, 0) is 23.3 Å². The van der Waals surface area contributed by atoms with Crippen molar-refractivity contribution >= 4 is 10.8 Å². The average Bonchev–Trinajstić information content (AvgIpc) is 2.59. The van der Waals surface area contributed by atoms with Crippen molar-refractivity contribution in [2.24, 2.45) is 5.73 Å². The molecule has 1 aliphatic rings. The number of fused-ring (bicyclic) bond motifs is 2. The van der Waals surface area contributed by atoms with Gasteiger partial charge in [0.15, 0.2) is 0 Å². The van der Waals surface area contributed by atoms with Gasteiger partial charge in [0.05, 0.1) is 11.5 Å². The molecule has 5 heteroatoms. The van der Waals surface area contributed by atoms with E-state index in [1.54, 1.807) is 13.0 Å². The normalized spacial score (nSPS) is 16.2. The summed E-state index contributed by atoms with van der Waals surface area (Å²) in [4.78, 5) is 12.5. The Kier molecular flexibility index (Phi) is 3.33. The zero-order valence-corrected chi connectivity index (χ0v) is 13.4. The number of aryl methyl sites for hydroxylation is 1. The summed E-state index contributed by atoms with van der Waals surface area (Å²) in [6.45, 7) is 1.66. The van der Waals surface area contributed by atoms with Gasteiger partial charge >= 0.3 is 5.63 Å². The Hall–Kier alpha value is -3.52. The van der Waals surface area contributed by atoms with E-state index in [0.717, 1.165) is 16.3 Å². The first kappa shape index (κ1) is 15.0. The van der Waals surface area contributed by atoms with Gasteiger partial charge in [-0.3, -0.25) is 0 Å². The summed E-state index contributed by atoms with van der Waals surface area (Å²) in [5.41, 5.74) is 6.72. The molecule has 0 bridgehead atoms. The predicted molar refractivity (Wildman–Crippen MR) is 93.0 cm³/mol. The number of allylic oxidation sites excluding steroid dienone is 1. The van der Waals surface area contributed by atoms with Gasteiger partial charge in [0, 0.05) is 6.07 Å². The maximum atomic E-state index is 12.5. The summed E-state index contributed by atoms with van der Waals surface area (Å²) >= 11 is 0. The summed E-state index contributed by atoms with van der Waals surface area (Å²) in [6, 6.07) is 17.4. The van der Waals surface area contributed by atoms with Gasteiger partial charge in [0.1, 0.15) is 23.2 Å². The van der Waals surface area contributed by atoms with Gasteiger partial charge in [0.2, 0.25) is 5.88 Å². The first-order valence-corrected chi connectivity index (χ1v) is 7.79. The Morgan fingerprint density at radius 1 is 1.12 bits per heavy atom. The minimum absolute atomic E-state index is 0.0122. The smallest absolute Gasteiger partial charge is 0.343 e. The second-order valence-electron chi connectivity index (χ2n) is 5.95. The molecule has 4 rings (SSSR count). The Labute approximate surface area is 143 Å². The molecule has 1 aliphatic heterocycles. The van der Waals surface area contributed by atoms with Crippen molar-refractivity contribution in [2.45, 2.75) is 12.8 Å². The van der Waals surface area contributed by atoms with E-state index in [9.17, 15) is 10.1 Å². The molecule has 0 aliphatic carbocycles. The maximum absolute atomic E-state index is 12.5. The first-order chi connectivity index (χ1) is 12.1. The molecule has 0 saturated heterocycles. The number of nitrogens with zero attached hydrogens (tertiary/aromatic N) is 1. The minimum atomic E-state index is -0.616. The van der Waals surface area contributed by atoms with Gasteiger partial charge < -0.3 is 14.9 Å². The van der Waals surface area contributed by atoms with Crippen molar-refractivity contribution in [1.29, 1.82) is 5.26 Å². The number of nitrogens with two attached hydrogens (primary N) is 1. The highest BCUT2D eigenvalue weighted by molar-refractivity contribution is 5.83. The highest BCUT2D eigenvalue weighted by Crippen LogP contribution is 2.41. The van der Waals surface area contributed by atoms with E-state index < -0.39 is 11.5 Å². The van der Waals surface area contributed by atoms with Gasteiger partial charge in [-0.1, -0.05) is 42.5 Å². The van der Waals surface area contributed by atoms with E-state index in [1.165, 1.54) is 0 Å². The third-order valence-corrected chi connectivity index (χ3v) is 4.36. The van der Waals surface area contributed by atoms with Crippen LogP contribution in [0.1, 0.15) is 22.8 Å². The Morgan fingerprint density at radius 3 is 2.64 bits per heavy atom. The predicted octanol–water partition coefficient (Wildman–Crippen LogP) is 3.32. The van der Waals surface area contributed by atoms with Crippen LogP contribution in [0.3, 0.4) is 0 Å². The number of rotatable bonds is 1. The molecule has 0 amide bonds. The fourth-order valence-electron chi connectivity index (χ4n) is 3.24. The van der Waals surface area contributed by atoms with Crippen molar-refractivity contribution in [2.75, 3.05) is 0 Å². The van der Waals surface area contributed by atoms with Crippen LogP contribution in [-0.2, 0) is 0 Å². The minimum Gasteiger partial charge on any atom is -0.440 e. The molecule has 3 aromatic rings. The van der Waals surface area contributed by atoms with Crippen molar-refractivity contribution in [3.8, 4) is 11.8 Å². The summed E-state index contributed by atoms with van der Waals surface area (Å²) < 4.78 is 10.7. The van der Waals surface area contributed by atoms with E-state index in [0.29, 0.717) is 17.1 Å². The number of nitriles is 1. The standard InChI is InChI=1S/C20H14N2O3/c1-11-8-16-18(20(23)24-11)17(15(10-21)19(22)25-16)14-7-6-12-4-2-3-5-13(12)9-14/h2-9,17H,22H2,1H3/t17-/m1/s1. The quantitative estimate of drug-likeness (QED) is 0.739. The highest BCUT2D eigenvalue weighted by Gasteiger charge is 2.34. The van der Waals surface area contributed by atoms with Crippen molar-refractivity contribution < 1.29 is 9.15 Å². The van der Waals surface area contributed by atoms with Crippen molar-refractivity contribution in [1.82, 2.24) is 0 Å². The van der Waals surface area contributed by atoms with Crippen LogP contribution in [-0.4, -0.2) is 0 Å². The third-order valence-electron chi connectivity index (χ3n) is 4.36. The van der Waals surface area contributed by atoms with E-state index in [4.69, 9.17) is 14.9 Å². The summed E-state index contributed by atoms with van der Waals surface area (Å²) in [6.07, 6.45) is 0. The fraction of sp³-hybridized carbons (Fsp3) is 0.100. The number of hydrogen-bond donors (Lipinski definition) is 1. The second-order valence-corrected chi connectivity index (χ2v) is 5.95. The van der Waals surface area contributed by atoms with Crippen LogP contribution in [0.2, 0.25) is 0 Å². The SMILES string of the molecule is Cc1cc2c(c(=O)o1)[C@H](c1ccc3ccccc3c1)C(C#N)=C(N)O2. The van der Waals surface area contributed by atoms with Crippen molar-refractivity contribution in [3.05, 3.63) is 87.3 Å². The van der Waals surface area contributed by atoms with E-state index in [-0.39, 0.29) is 11.5 Å². The van der Waals surface area contributed by atoms with E-state index in [2.05, 4.69) is 6.07 Å². The third kappa shape index (κ3) is 2.36. The lowest BCUT2D eigenvalue weighted by molar-refractivity contribution is 0.371. The molecule has 2 N–H and O–H groups in total. The summed E-state index contributed by atoms with van der Waals surface area (Å²) in [5, 5.41) is 11.7. The summed E-state index contributed by atoms with van der Waals surface area (Å²) in [7, 11) is 0. The molecule has 2 heterocycles. The molecule has 0 radical (unpaired) electrons. The van der Waals surface area contributed by atoms with Gasteiger partial charge in [0.25, 0.3) is 0 Å². The average molecular weight is 330 g/mol. The molecule has 25 heavy (non-hydrogen) atoms. The lowest BCUT2D eigenvalue weighted by Crippen LogP contribution is -2.26. The van der Waals surface area contributed by atoms with Crippen LogP contribution in [0, 0.1) is 18.3 Å². The molecule has 0 saturated carbocycles. The Morgan fingerprint density at radius 2 is 1.88 bits per heavy atom. The molecule has 1 atom stereocenters. The molecule has 0 unspecified atom stereocenters. The van der Waals surface area contributed by atoms with Crippen molar-refractivity contribution in [3.63, 3.8) is 0 Å². The van der Waals surface area contributed by atoms with Gasteiger partial charge in [-0.25, -0.2) is 4.79 Å². The highest BCUT2D eigenvalue weighted by atomic mass is 16.5. The van der Waals surface area contributed by atoms with Gasteiger partial charge in [-0.15, -0.1) is 0 Å². The summed E-state index contributed by atoms with van der Waals surface area (Å²) in [5.74, 6) is 0.158. The Balaban J connectivity index is 2.01. The van der Waals surface area contributed by atoms with Crippen LogP contribution in [0.25, 0.3) is 10.8 Å². The molecule has 2 aromatic carbocycles. The lowest BCUT2D eigenvalue weighted by Gasteiger charge is -2.25. The zero-order chi connectivity index (χ0) is 17.6. The maximum Gasteiger partial charge on any atom is 0.343 e. The van der Waals surface area contributed by atoms with Crippen LogP contribution >= 0.6 is 0 Å². The lowest BCUT2D eigenvalue weighted by atomic mass is 9.83. The monoisotopic (exact) mass is 330 g/mol. The molecular formula is C20H14N2O3. The van der Waals surface area contributed by atoms with E-state index >= 15 is 0 Å². The zero-order valence-electron chi connectivity index (χ0n) is 13.4. The largest absolute Gasteiger partial charge is 0.440 e. The number of hydrogen-bond acceptors (Lipinski definition) is 5. The van der Waals surface area contributed by atoms with Crippen LogP contribution in [0.15, 0.2) is 69.2 Å². The molecule has 1 aromatic heterocycles. The second kappa shape index (κ2) is 5.53. The number of ether oxygens (including phenoxy) is 1. The Bertz CT molecular complexity index is 1140. The molecule has 5 nitrogen and oxygen atoms in total.